The Morgan fingerprint density at radius 3 is 2.59 bits per heavy atom. The highest BCUT2D eigenvalue weighted by Gasteiger charge is 1.81. The first-order chi connectivity index (χ1) is 8.36. The summed E-state index contributed by atoms with van der Waals surface area (Å²) in [4.78, 5) is 0. The molecule has 0 unspecified atom stereocenters. The summed E-state index contributed by atoms with van der Waals surface area (Å²) in [6.07, 6.45) is 11.5. The molecule has 0 spiro atoms. The molecule has 0 fully saturated rings. The van der Waals surface area contributed by atoms with Gasteiger partial charge in [0.25, 0.3) is 0 Å². The Bertz CT molecular complexity index is 488. The van der Waals surface area contributed by atoms with Crippen LogP contribution >= 0.6 is 0 Å². The highest BCUT2D eigenvalue weighted by molar-refractivity contribution is 5.40. The molecule has 0 aliphatic carbocycles. The quantitative estimate of drug-likeness (QED) is 0.527. The maximum Gasteiger partial charge on any atom is 0.0248 e. The van der Waals surface area contributed by atoms with E-state index in [0.29, 0.717) is 0 Å². The van der Waals surface area contributed by atoms with Gasteiger partial charge in [-0.15, -0.1) is 0 Å². The maximum absolute atomic E-state index is 3.64. The molecule has 0 saturated carbocycles. The van der Waals surface area contributed by atoms with E-state index in [4.69, 9.17) is 0 Å². The van der Waals surface area contributed by atoms with Crippen LogP contribution in [0.2, 0.25) is 0 Å². The molecule has 0 saturated heterocycles. The van der Waals surface area contributed by atoms with Crippen LogP contribution in [0.3, 0.4) is 0 Å². The molecule has 0 amide bonds. The molecule has 0 atom stereocenters. The second-order valence-corrected chi connectivity index (χ2v) is 3.35. The Balaban J connectivity index is 2.64. The molecule has 0 radical (unpaired) electrons. The highest BCUT2D eigenvalue weighted by Crippen LogP contribution is 1.99. The summed E-state index contributed by atoms with van der Waals surface area (Å²) in [5.41, 5.74) is 2.15. The van der Waals surface area contributed by atoms with Crippen LogP contribution in [0.4, 0.5) is 0 Å². The van der Waals surface area contributed by atoms with Crippen molar-refractivity contribution in [2.75, 3.05) is 0 Å². The lowest BCUT2D eigenvalue weighted by atomic mass is 10.2. The SMILES string of the molecule is C=C/C=C\C(C=CC#Cc1ccccc1)=C/C. The zero-order valence-corrected chi connectivity index (χ0v) is 10.1. The molecule has 0 aliphatic heterocycles. The lowest BCUT2D eigenvalue weighted by Gasteiger charge is -1.88. The van der Waals surface area contributed by atoms with Crippen molar-refractivity contribution in [2.24, 2.45) is 0 Å². The highest BCUT2D eigenvalue weighted by atomic mass is 13.9. The minimum absolute atomic E-state index is 1.03. The van der Waals surface area contributed by atoms with Crippen molar-refractivity contribution in [3.63, 3.8) is 0 Å². The summed E-state index contributed by atoms with van der Waals surface area (Å²) in [6.45, 7) is 5.63. The molecular weight excluding hydrogens is 204 g/mol. The van der Waals surface area contributed by atoms with Gasteiger partial charge in [-0.1, -0.05) is 60.9 Å². The molecule has 0 aliphatic rings. The van der Waals surface area contributed by atoms with Gasteiger partial charge in [0.1, 0.15) is 0 Å². The van der Waals surface area contributed by atoms with Gasteiger partial charge in [-0.3, -0.25) is 0 Å². The van der Waals surface area contributed by atoms with Crippen LogP contribution < -0.4 is 0 Å². The summed E-state index contributed by atoms with van der Waals surface area (Å²) in [7, 11) is 0. The third-order valence-corrected chi connectivity index (χ3v) is 2.11. The summed E-state index contributed by atoms with van der Waals surface area (Å²) in [5.74, 6) is 6.08. The molecule has 84 valence electrons. The van der Waals surface area contributed by atoms with Crippen LogP contribution in [0.15, 0.2) is 78.9 Å². The van der Waals surface area contributed by atoms with Crippen molar-refractivity contribution in [3.8, 4) is 11.8 Å². The van der Waals surface area contributed by atoms with Crippen molar-refractivity contribution in [3.05, 3.63) is 84.5 Å². The lowest BCUT2D eigenvalue weighted by molar-refractivity contribution is 1.60. The zero-order valence-electron chi connectivity index (χ0n) is 10.1. The van der Waals surface area contributed by atoms with Crippen LogP contribution in [-0.2, 0) is 0 Å². The van der Waals surface area contributed by atoms with Gasteiger partial charge in [0, 0.05) is 5.56 Å². The van der Waals surface area contributed by atoms with E-state index in [1.807, 2.05) is 67.6 Å². The van der Waals surface area contributed by atoms with Crippen LogP contribution in [0.1, 0.15) is 12.5 Å². The summed E-state index contributed by atoms with van der Waals surface area (Å²) in [5, 5.41) is 0. The normalized spacial score (nSPS) is 11.5. The van der Waals surface area contributed by atoms with Crippen LogP contribution in [-0.4, -0.2) is 0 Å². The molecule has 0 heterocycles. The van der Waals surface area contributed by atoms with E-state index in [1.54, 1.807) is 6.08 Å². The monoisotopic (exact) mass is 220 g/mol. The first-order valence-electron chi connectivity index (χ1n) is 5.55. The average molecular weight is 220 g/mol. The predicted molar refractivity (Wildman–Crippen MR) is 75.6 cm³/mol. The average Bonchev–Trinajstić information content (AvgIpc) is 2.39. The minimum Gasteiger partial charge on any atom is -0.0991 e. The second-order valence-electron chi connectivity index (χ2n) is 3.35. The minimum atomic E-state index is 1.03. The molecule has 0 bridgehead atoms. The van der Waals surface area contributed by atoms with E-state index >= 15 is 0 Å². The molecule has 0 nitrogen and oxygen atoms in total. The molecule has 0 N–H and O–H groups in total. The summed E-state index contributed by atoms with van der Waals surface area (Å²) < 4.78 is 0. The zero-order chi connectivity index (χ0) is 12.3. The Kier molecular flexibility index (Phi) is 6.00. The van der Waals surface area contributed by atoms with E-state index in [2.05, 4.69) is 18.4 Å². The van der Waals surface area contributed by atoms with Crippen LogP contribution in [0.25, 0.3) is 0 Å². The van der Waals surface area contributed by atoms with E-state index in [9.17, 15) is 0 Å². The van der Waals surface area contributed by atoms with Crippen molar-refractivity contribution >= 4 is 0 Å². The van der Waals surface area contributed by atoms with Crippen molar-refractivity contribution in [2.45, 2.75) is 6.92 Å². The Labute approximate surface area is 104 Å². The van der Waals surface area contributed by atoms with Crippen molar-refractivity contribution in [1.29, 1.82) is 0 Å². The summed E-state index contributed by atoms with van der Waals surface area (Å²) in [6, 6.07) is 9.94. The largest absolute Gasteiger partial charge is 0.0991 e. The van der Waals surface area contributed by atoms with Gasteiger partial charge >= 0.3 is 0 Å². The second kappa shape index (κ2) is 7.96. The standard InChI is InChI=1S/C17H16/c1-3-5-11-16(4-2)12-9-10-15-17-13-7-6-8-14-17/h3-9,11-14H,1H2,2H3/b11-5-,12-9?,16-4+. The first kappa shape index (κ1) is 12.8. The number of hydrogen-bond acceptors (Lipinski definition) is 0. The molecule has 17 heavy (non-hydrogen) atoms. The van der Waals surface area contributed by atoms with E-state index in [1.165, 1.54) is 0 Å². The molecule has 1 aromatic carbocycles. The van der Waals surface area contributed by atoms with Gasteiger partial charge < -0.3 is 0 Å². The van der Waals surface area contributed by atoms with Gasteiger partial charge in [0.05, 0.1) is 0 Å². The molecule has 1 aromatic rings. The van der Waals surface area contributed by atoms with Crippen molar-refractivity contribution < 1.29 is 0 Å². The van der Waals surface area contributed by atoms with Gasteiger partial charge in [0.2, 0.25) is 0 Å². The third-order valence-electron chi connectivity index (χ3n) is 2.11. The number of allylic oxidation sites excluding steroid dienone is 7. The maximum atomic E-state index is 3.64. The number of hydrogen-bond donors (Lipinski definition) is 0. The fraction of sp³-hybridized carbons (Fsp3) is 0.0588. The molecule has 1 rings (SSSR count). The molecule has 0 aromatic heterocycles. The summed E-state index contributed by atoms with van der Waals surface area (Å²) >= 11 is 0. The number of rotatable bonds is 3. The van der Waals surface area contributed by atoms with Crippen LogP contribution in [0.5, 0.6) is 0 Å². The van der Waals surface area contributed by atoms with Crippen LogP contribution in [0, 0.1) is 11.8 Å². The fourth-order valence-corrected chi connectivity index (χ4v) is 1.21. The van der Waals surface area contributed by atoms with E-state index < -0.39 is 0 Å². The van der Waals surface area contributed by atoms with Gasteiger partial charge in [0.15, 0.2) is 0 Å². The lowest BCUT2D eigenvalue weighted by Crippen LogP contribution is -1.70. The van der Waals surface area contributed by atoms with E-state index in [-0.39, 0.29) is 0 Å². The third kappa shape index (κ3) is 5.39. The van der Waals surface area contributed by atoms with Crippen molar-refractivity contribution in [1.82, 2.24) is 0 Å². The molecular formula is C17H16. The fourth-order valence-electron chi connectivity index (χ4n) is 1.21. The molecule has 0 heteroatoms. The Morgan fingerprint density at radius 1 is 1.18 bits per heavy atom. The Hall–Kier alpha value is -2.26. The Morgan fingerprint density at radius 2 is 1.94 bits per heavy atom. The topological polar surface area (TPSA) is 0 Å². The smallest absolute Gasteiger partial charge is 0.0248 e. The predicted octanol–water partition coefficient (Wildman–Crippen LogP) is 4.28. The number of benzene rings is 1. The van der Waals surface area contributed by atoms with Gasteiger partial charge in [-0.05, 0) is 36.8 Å². The first-order valence-corrected chi connectivity index (χ1v) is 5.55. The van der Waals surface area contributed by atoms with Gasteiger partial charge in [-0.25, -0.2) is 0 Å². The van der Waals surface area contributed by atoms with E-state index in [0.717, 1.165) is 11.1 Å². The van der Waals surface area contributed by atoms with Gasteiger partial charge in [-0.2, -0.15) is 0 Å².